The molecule has 0 heterocycles. The number of methoxy groups -OCH3 is 1. The molecular weight excluding hydrogens is 262 g/mol. The Morgan fingerprint density at radius 3 is 2.50 bits per heavy atom. The maximum Gasteiger partial charge on any atom is 0.159 e. The molecule has 5 heteroatoms. The topological polar surface area (TPSA) is 38.5 Å². The predicted molar refractivity (Wildman–Crippen MR) is 76.5 cm³/mol. The van der Waals surface area contributed by atoms with Crippen LogP contribution in [0.3, 0.4) is 0 Å². The summed E-state index contributed by atoms with van der Waals surface area (Å²) < 4.78 is 31.6. The fourth-order valence-electron chi connectivity index (χ4n) is 2.30. The summed E-state index contributed by atoms with van der Waals surface area (Å²) in [6, 6.07) is 4.12. The van der Waals surface area contributed by atoms with Crippen molar-refractivity contribution in [1.82, 2.24) is 4.90 Å². The van der Waals surface area contributed by atoms with Gasteiger partial charge in [0.1, 0.15) is 0 Å². The van der Waals surface area contributed by atoms with Gasteiger partial charge in [-0.15, -0.1) is 0 Å². The van der Waals surface area contributed by atoms with E-state index in [4.69, 9.17) is 10.5 Å². The number of hydrogen-bond acceptors (Lipinski definition) is 3. The highest BCUT2D eigenvalue weighted by Crippen LogP contribution is 2.24. The summed E-state index contributed by atoms with van der Waals surface area (Å²) in [6.45, 7) is 5.80. The smallest absolute Gasteiger partial charge is 0.159 e. The molecule has 2 unspecified atom stereocenters. The first kappa shape index (κ1) is 17.0. The molecule has 0 saturated carbocycles. The van der Waals surface area contributed by atoms with Crippen LogP contribution in [0.1, 0.15) is 31.9 Å². The highest BCUT2D eigenvalue weighted by molar-refractivity contribution is 5.22. The second-order valence-electron chi connectivity index (χ2n) is 4.91. The molecule has 0 amide bonds. The van der Waals surface area contributed by atoms with Gasteiger partial charge in [0, 0.05) is 32.3 Å². The van der Waals surface area contributed by atoms with Crippen LogP contribution in [-0.2, 0) is 4.74 Å². The van der Waals surface area contributed by atoms with Crippen LogP contribution in [-0.4, -0.2) is 37.7 Å². The minimum Gasteiger partial charge on any atom is -0.383 e. The van der Waals surface area contributed by atoms with Crippen molar-refractivity contribution in [3.05, 3.63) is 35.4 Å². The first-order chi connectivity index (χ1) is 9.54. The molecule has 0 fully saturated rings. The molecule has 0 aliphatic rings. The number of nitrogens with zero attached hydrogens (tertiary/aromatic N) is 1. The van der Waals surface area contributed by atoms with Gasteiger partial charge in [0.15, 0.2) is 11.6 Å². The molecule has 0 saturated heterocycles. The van der Waals surface area contributed by atoms with Gasteiger partial charge in [-0.25, -0.2) is 8.78 Å². The SMILES string of the molecule is CCC(C)N(CCOC)C(CN)c1ccc(F)c(F)c1. The van der Waals surface area contributed by atoms with Crippen LogP contribution in [0.15, 0.2) is 18.2 Å². The molecule has 0 aliphatic carbocycles. The molecule has 3 nitrogen and oxygen atoms in total. The number of benzene rings is 1. The summed E-state index contributed by atoms with van der Waals surface area (Å²) in [5.74, 6) is -1.67. The quantitative estimate of drug-likeness (QED) is 0.798. The first-order valence-electron chi connectivity index (χ1n) is 6.94. The Labute approximate surface area is 119 Å². The fraction of sp³-hybridized carbons (Fsp3) is 0.600. The molecule has 20 heavy (non-hydrogen) atoms. The summed E-state index contributed by atoms with van der Waals surface area (Å²) in [5.41, 5.74) is 6.56. The fourth-order valence-corrected chi connectivity index (χ4v) is 2.30. The maximum atomic E-state index is 13.4. The molecule has 1 aromatic carbocycles. The standard InChI is InChI=1S/C15H24F2N2O/c1-4-11(2)19(7-8-20-3)15(10-18)12-5-6-13(16)14(17)9-12/h5-6,9,11,15H,4,7-8,10,18H2,1-3H3. The third-order valence-corrected chi connectivity index (χ3v) is 3.66. The van der Waals surface area contributed by atoms with Crippen molar-refractivity contribution in [2.45, 2.75) is 32.4 Å². The van der Waals surface area contributed by atoms with Crippen LogP contribution in [0.25, 0.3) is 0 Å². The van der Waals surface area contributed by atoms with Gasteiger partial charge in [0.25, 0.3) is 0 Å². The van der Waals surface area contributed by atoms with Crippen molar-refractivity contribution in [2.24, 2.45) is 5.73 Å². The lowest BCUT2D eigenvalue weighted by Crippen LogP contribution is -2.41. The number of halogens is 2. The van der Waals surface area contributed by atoms with E-state index in [9.17, 15) is 8.78 Å². The number of ether oxygens (including phenoxy) is 1. The zero-order chi connectivity index (χ0) is 15.1. The van der Waals surface area contributed by atoms with Crippen molar-refractivity contribution in [1.29, 1.82) is 0 Å². The Bertz CT molecular complexity index is 415. The number of nitrogens with two attached hydrogens (primary N) is 1. The van der Waals surface area contributed by atoms with E-state index in [0.717, 1.165) is 12.5 Å². The zero-order valence-corrected chi connectivity index (χ0v) is 12.4. The Kier molecular flexibility index (Phi) is 7.05. The second-order valence-corrected chi connectivity index (χ2v) is 4.91. The van der Waals surface area contributed by atoms with Crippen LogP contribution in [0.4, 0.5) is 8.78 Å². The van der Waals surface area contributed by atoms with E-state index in [1.807, 2.05) is 0 Å². The highest BCUT2D eigenvalue weighted by Gasteiger charge is 2.23. The number of rotatable bonds is 8. The van der Waals surface area contributed by atoms with Crippen molar-refractivity contribution in [3.63, 3.8) is 0 Å². The Morgan fingerprint density at radius 1 is 1.30 bits per heavy atom. The van der Waals surface area contributed by atoms with Crippen LogP contribution >= 0.6 is 0 Å². The van der Waals surface area contributed by atoms with Gasteiger partial charge in [-0.1, -0.05) is 13.0 Å². The van der Waals surface area contributed by atoms with Crippen molar-refractivity contribution >= 4 is 0 Å². The predicted octanol–water partition coefficient (Wildman–Crippen LogP) is 2.71. The molecular formula is C15H24F2N2O. The van der Waals surface area contributed by atoms with Gasteiger partial charge < -0.3 is 10.5 Å². The molecule has 2 N–H and O–H groups in total. The van der Waals surface area contributed by atoms with E-state index in [1.54, 1.807) is 13.2 Å². The van der Waals surface area contributed by atoms with Crippen molar-refractivity contribution in [2.75, 3.05) is 26.8 Å². The minimum atomic E-state index is -0.837. The largest absolute Gasteiger partial charge is 0.383 e. The normalized spacial score (nSPS) is 14.6. The second kappa shape index (κ2) is 8.29. The van der Waals surface area contributed by atoms with Gasteiger partial charge >= 0.3 is 0 Å². The molecule has 0 bridgehead atoms. The molecule has 0 aromatic heterocycles. The molecule has 2 atom stereocenters. The lowest BCUT2D eigenvalue weighted by molar-refractivity contribution is 0.0901. The lowest BCUT2D eigenvalue weighted by Gasteiger charge is -2.35. The van der Waals surface area contributed by atoms with E-state index in [-0.39, 0.29) is 12.1 Å². The number of hydrogen-bond donors (Lipinski definition) is 1. The van der Waals surface area contributed by atoms with E-state index in [1.165, 1.54) is 6.07 Å². The van der Waals surface area contributed by atoms with Crippen LogP contribution in [0.5, 0.6) is 0 Å². The van der Waals surface area contributed by atoms with Gasteiger partial charge in [-0.2, -0.15) is 0 Å². The minimum absolute atomic E-state index is 0.143. The third kappa shape index (κ3) is 4.23. The van der Waals surface area contributed by atoms with Gasteiger partial charge in [0.05, 0.1) is 6.61 Å². The van der Waals surface area contributed by atoms with E-state index in [2.05, 4.69) is 18.7 Å². The van der Waals surface area contributed by atoms with Crippen LogP contribution in [0, 0.1) is 11.6 Å². The summed E-state index contributed by atoms with van der Waals surface area (Å²) in [6.07, 6.45) is 0.948. The van der Waals surface area contributed by atoms with Gasteiger partial charge in [-0.05, 0) is 31.0 Å². The van der Waals surface area contributed by atoms with Crippen molar-refractivity contribution < 1.29 is 13.5 Å². The van der Waals surface area contributed by atoms with Gasteiger partial charge in [0.2, 0.25) is 0 Å². The molecule has 1 aromatic rings. The van der Waals surface area contributed by atoms with Crippen LogP contribution < -0.4 is 5.73 Å². The Morgan fingerprint density at radius 2 is 2.00 bits per heavy atom. The average molecular weight is 286 g/mol. The summed E-state index contributed by atoms with van der Waals surface area (Å²) >= 11 is 0. The molecule has 0 radical (unpaired) electrons. The summed E-state index contributed by atoms with van der Waals surface area (Å²) in [7, 11) is 1.64. The monoisotopic (exact) mass is 286 g/mol. The summed E-state index contributed by atoms with van der Waals surface area (Å²) in [4.78, 5) is 2.18. The highest BCUT2D eigenvalue weighted by atomic mass is 19.2. The average Bonchev–Trinajstić information content (AvgIpc) is 2.46. The molecule has 0 spiro atoms. The lowest BCUT2D eigenvalue weighted by atomic mass is 10.0. The zero-order valence-electron chi connectivity index (χ0n) is 12.4. The third-order valence-electron chi connectivity index (χ3n) is 3.66. The van der Waals surface area contributed by atoms with E-state index < -0.39 is 11.6 Å². The molecule has 1 rings (SSSR count). The Balaban J connectivity index is 3.01. The van der Waals surface area contributed by atoms with Crippen molar-refractivity contribution in [3.8, 4) is 0 Å². The van der Waals surface area contributed by atoms with Gasteiger partial charge in [-0.3, -0.25) is 4.90 Å². The van der Waals surface area contributed by atoms with E-state index in [0.29, 0.717) is 25.3 Å². The molecule has 0 aliphatic heterocycles. The first-order valence-corrected chi connectivity index (χ1v) is 6.94. The summed E-state index contributed by atoms with van der Waals surface area (Å²) in [5, 5.41) is 0. The van der Waals surface area contributed by atoms with Crippen LogP contribution in [0.2, 0.25) is 0 Å². The Hall–Kier alpha value is -1.04. The van der Waals surface area contributed by atoms with E-state index >= 15 is 0 Å². The maximum absolute atomic E-state index is 13.4. The molecule has 114 valence electrons.